The van der Waals surface area contributed by atoms with Crippen LogP contribution in [0.4, 0.5) is 0 Å². The van der Waals surface area contributed by atoms with E-state index < -0.39 is 6.04 Å². The van der Waals surface area contributed by atoms with Crippen LogP contribution in [0.25, 0.3) is 0 Å². The van der Waals surface area contributed by atoms with Gasteiger partial charge in [0.1, 0.15) is 12.6 Å². The smallest absolute Gasteiger partial charge is 0.249 e. The summed E-state index contributed by atoms with van der Waals surface area (Å²) in [4.78, 5) is 24.1. The highest BCUT2D eigenvalue weighted by molar-refractivity contribution is 7.80. The van der Waals surface area contributed by atoms with E-state index in [1.54, 1.807) is 18.9 Å². The van der Waals surface area contributed by atoms with E-state index in [2.05, 4.69) is 10.6 Å². The van der Waals surface area contributed by atoms with Crippen LogP contribution >= 0.6 is 12.2 Å². The first-order valence-corrected chi connectivity index (χ1v) is 5.34. The van der Waals surface area contributed by atoms with Crippen LogP contribution in [0, 0.1) is 0 Å². The Balaban J connectivity index is 2.53. The van der Waals surface area contributed by atoms with Gasteiger partial charge in [0, 0.05) is 13.7 Å². The van der Waals surface area contributed by atoms with Crippen molar-refractivity contribution in [1.82, 2.24) is 15.5 Å². The largest absolute Gasteiger partial charge is 0.383 e. The Morgan fingerprint density at radius 2 is 2.38 bits per heavy atom. The Hall–Kier alpha value is -1.21. The van der Waals surface area contributed by atoms with E-state index in [1.165, 1.54) is 0 Å². The summed E-state index contributed by atoms with van der Waals surface area (Å²) in [6.07, 6.45) is 0. The second-order valence-corrected chi connectivity index (χ2v) is 3.83. The van der Waals surface area contributed by atoms with E-state index in [-0.39, 0.29) is 18.4 Å². The van der Waals surface area contributed by atoms with Gasteiger partial charge in [-0.3, -0.25) is 14.9 Å². The van der Waals surface area contributed by atoms with Gasteiger partial charge in [0.05, 0.1) is 6.61 Å². The standard InChI is InChI=1S/C9H15N3O3S/c1-6-8(14)11-7(13)5-12(6)9(16)10-3-4-15-2/h6H,3-5H2,1-2H3,(H,10,16)(H,11,13,14). The number of imide groups is 1. The van der Waals surface area contributed by atoms with Crippen LogP contribution in [-0.2, 0) is 14.3 Å². The Kier molecular flexibility index (Phi) is 4.63. The molecule has 0 aromatic rings. The van der Waals surface area contributed by atoms with Gasteiger partial charge in [0.25, 0.3) is 0 Å². The zero-order valence-corrected chi connectivity index (χ0v) is 10.1. The number of piperazine rings is 1. The molecule has 1 unspecified atom stereocenters. The zero-order chi connectivity index (χ0) is 12.1. The fourth-order valence-corrected chi connectivity index (χ4v) is 1.65. The molecular weight excluding hydrogens is 230 g/mol. The van der Waals surface area contributed by atoms with Crippen molar-refractivity contribution < 1.29 is 14.3 Å². The maximum atomic E-state index is 11.4. The van der Waals surface area contributed by atoms with Crippen molar-refractivity contribution in [3.8, 4) is 0 Å². The number of hydrogen-bond acceptors (Lipinski definition) is 4. The fourth-order valence-electron chi connectivity index (χ4n) is 1.32. The highest BCUT2D eigenvalue weighted by atomic mass is 32.1. The number of carbonyl (C=O) groups is 2. The maximum Gasteiger partial charge on any atom is 0.249 e. The Labute approximate surface area is 99.3 Å². The number of nitrogens with one attached hydrogen (secondary N) is 2. The SMILES string of the molecule is COCCNC(=S)N1CC(=O)NC(=O)C1C. The average molecular weight is 245 g/mol. The van der Waals surface area contributed by atoms with Crippen molar-refractivity contribution in [2.45, 2.75) is 13.0 Å². The third-order valence-corrected chi connectivity index (χ3v) is 2.65. The average Bonchev–Trinajstić information content (AvgIpc) is 2.23. The summed E-state index contributed by atoms with van der Waals surface area (Å²) in [5.74, 6) is -0.661. The first-order chi connectivity index (χ1) is 7.56. The predicted octanol–water partition coefficient (Wildman–Crippen LogP) is -1.15. The molecule has 90 valence electrons. The lowest BCUT2D eigenvalue weighted by Gasteiger charge is -2.33. The maximum absolute atomic E-state index is 11.4. The molecule has 1 heterocycles. The van der Waals surface area contributed by atoms with Gasteiger partial charge in [-0.05, 0) is 19.1 Å². The quantitative estimate of drug-likeness (QED) is 0.372. The van der Waals surface area contributed by atoms with Gasteiger partial charge >= 0.3 is 0 Å². The molecule has 0 bridgehead atoms. The Bertz CT molecular complexity index is 308. The molecule has 1 fully saturated rings. The van der Waals surface area contributed by atoms with E-state index >= 15 is 0 Å². The van der Waals surface area contributed by atoms with Crippen LogP contribution in [0.1, 0.15) is 6.92 Å². The minimum Gasteiger partial charge on any atom is -0.383 e. The number of nitrogens with zero attached hydrogens (tertiary/aromatic N) is 1. The summed E-state index contributed by atoms with van der Waals surface area (Å²) in [5.41, 5.74) is 0. The number of methoxy groups -OCH3 is 1. The molecule has 2 amide bonds. The minimum atomic E-state index is -0.430. The van der Waals surface area contributed by atoms with Crippen LogP contribution in [0.3, 0.4) is 0 Å². The first-order valence-electron chi connectivity index (χ1n) is 4.93. The van der Waals surface area contributed by atoms with Crippen molar-refractivity contribution in [3.05, 3.63) is 0 Å². The molecule has 1 aliphatic rings. The van der Waals surface area contributed by atoms with Crippen molar-refractivity contribution in [1.29, 1.82) is 0 Å². The van der Waals surface area contributed by atoms with E-state index in [4.69, 9.17) is 17.0 Å². The van der Waals surface area contributed by atoms with E-state index in [0.717, 1.165) is 0 Å². The fraction of sp³-hybridized carbons (Fsp3) is 0.667. The van der Waals surface area contributed by atoms with Gasteiger partial charge in [-0.15, -0.1) is 0 Å². The van der Waals surface area contributed by atoms with Crippen LogP contribution in [-0.4, -0.2) is 54.7 Å². The van der Waals surface area contributed by atoms with Gasteiger partial charge in [0.2, 0.25) is 11.8 Å². The van der Waals surface area contributed by atoms with Crippen molar-refractivity contribution in [3.63, 3.8) is 0 Å². The van der Waals surface area contributed by atoms with Gasteiger partial charge in [-0.1, -0.05) is 0 Å². The molecule has 0 spiro atoms. The van der Waals surface area contributed by atoms with Crippen molar-refractivity contribution in [2.24, 2.45) is 0 Å². The van der Waals surface area contributed by atoms with Gasteiger partial charge in [-0.25, -0.2) is 0 Å². The predicted molar refractivity (Wildman–Crippen MR) is 61.8 cm³/mol. The minimum absolute atomic E-state index is 0.103. The molecule has 7 heteroatoms. The summed E-state index contributed by atoms with van der Waals surface area (Å²) in [6, 6.07) is -0.430. The molecule has 1 saturated heterocycles. The van der Waals surface area contributed by atoms with E-state index in [9.17, 15) is 9.59 Å². The van der Waals surface area contributed by atoms with Gasteiger partial charge in [0.15, 0.2) is 5.11 Å². The lowest BCUT2D eigenvalue weighted by Crippen LogP contribution is -2.60. The summed E-state index contributed by atoms with van der Waals surface area (Å²) in [6.45, 7) is 2.87. The Morgan fingerprint density at radius 1 is 1.69 bits per heavy atom. The molecule has 0 aromatic carbocycles. The summed E-state index contributed by atoms with van der Waals surface area (Å²) >= 11 is 5.10. The highest BCUT2D eigenvalue weighted by Gasteiger charge is 2.31. The monoisotopic (exact) mass is 245 g/mol. The molecule has 1 rings (SSSR count). The molecule has 2 N–H and O–H groups in total. The number of hydrogen-bond donors (Lipinski definition) is 2. The highest BCUT2D eigenvalue weighted by Crippen LogP contribution is 2.04. The van der Waals surface area contributed by atoms with Crippen LogP contribution in [0.15, 0.2) is 0 Å². The second-order valence-electron chi connectivity index (χ2n) is 3.44. The molecule has 0 radical (unpaired) electrons. The van der Waals surface area contributed by atoms with Gasteiger partial charge < -0.3 is 15.0 Å². The summed E-state index contributed by atoms with van der Waals surface area (Å²) in [7, 11) is 1.59. The molecular formula is C9H15N3O3S. The third-order valence-electron chi connectivity index (χ3n) is 2.27. The number of carbonyl (C=O) groups excluding carboxylic acids is 2. The molecule has 0 saturated carbocycles. The first kappa shape index (κ1) is 12.9. The summed E-state index contributed by atoms with van der Waals surface area (Å²) in [5, 5.41) is 5.57. The Morgan fingerprint density at radius 3 is 3.00 bits per heavy atom. The number of ether oxygens (including phenoxy) is 1. The van der Waals surface area contributed by atoms with Gasteiger partial charge in [-0.2, -0.15) is 0 Å². The lowest BCUT2D eigenvalue weighted by molar-refractivity contribution is -0.137. The lowest BCUT2D eigenvalue weighted by atomic mass is 10.2. The molecule has 0 aromatic heterocycles. The topological polar surface area (TPSA) is 70.7 Å². The zero-order valence-electron chi connectivity index (χ0n) is 9.28. The second kappa shape index (κ2) is 5.76. The molecule has 1 aliphatic heterocycles. The molecule has 1 atom stereocenters. The third kappa shape index (κ3) is 3.14. The normalized spacial score (nSPS) is 20.6. The van der Waals surface area contributed by atoms with Crippen LogP contribution < -0.4 is 10.6 Å². The molecule has 16 heavy (non-hydrogen) atoms. The van der Waals surface area contributed by atoms with Crippen molar-refractivity contribution >= 4 is 29.1 Å². The van der Waals surface area contributed by atoms with Crippen LogP contribution in [0.2, 0.25) is 0 Å². The molecule has 6 nitrogen and oxygen atoms in total. The van der Waals surface area contributed by atoms with E-state index in [1.807, 2.05) is 0 Å². The number of rotatable bonds is 3. The number of amides is 2. The molecule has 0 aliphatic carbocycles. The van der Waals surface area contributed by atoms with Crippen LogP contribution in [0.5, 0.6) is 0 Å². The summed E-state index contributed by atoms with van der Waals surface area (Å²) < 4.78 is 4.86. The number of thiocarbonyl (C=S) groups is 1. The van der Waals surface area contributed by atoms with Crippen molar-refractivity contribution in [2.75, 3.05) is 26.8 Å². The van der Waals surface area contributed by atoms with E-state index in [0.29, 0.717) is 18.3 Å².